The lowest BCUT2D eigenvalue weighted by atomic mass is 10.00. The van der Waals surface area contributed by atoms with Crippen LogP contribution in [0.25, 0.3) is 0 Å². The Balaban J connectivity index is 0.00000324. The van der Waals surface area contributed by atoms with Gasteiger partial charge in [-0.15, -0.1) is 12.4 Å². The molecule has 0 saturated carbocycles. The molecule has 2 N–H and O–H groups in total. The largest absolute Gasteiger partial charge is 0.351 e. The normalized spacial score (nSPS) is 23.8. The zero-order chi connectivity index (χ0) is 13.8. The van der Waals surface area contributed by atoms with Crippen LogP contribution in [0, 0.1) is 5.92 Å². The van der Waals surface area contributed by atoms with Crippen LogP contribution in [0.5, 0.6) is 0 Å². The molecule has 1 amide bonds. The van der Waals surface area contributed by atoms with E-state index in [9.17, 15) is 13.2 Å². The zero-order valence-electron chi connectivity index (χ0n) is 11.8. The summed E-state index contributed by atoms with van der Waals surface area (Å²) in [5.41, 5.74) is 0. The van der Waals surface area contributed by atoms with E-state index in [0.717, 1.165) is 19.4 Å². The fourth-order valence-electron chi connectivity index (χ4n) is 2.26. The van der Waals surface area contributed by atoms with Gasteiger partial charge < -0.3 is 10.6 Å². The topological polar surface area (TPSA) is 75.3 Å². The SMILES string of the molecule is CC(C)CS(=O)(=O)CC(=O)NC1CCCNC1C.Cl. The van der Waals surface area contributed by atoms with Crippen molar-refractivity contribution >= 4 is 28.2 Å². The van der Waals surface area contributed by atoms with Gasteiger partial charge >= 0.3 is 0 Å². The van der Waals surface area contributed by atoms with Crippen molar-refractivity contribution in [2.45, 2.75) is 45.7 Å². The van der Waals surface area contributed by atoms with Crippen molar-refractivity contribution in [2.75, 3.05) is 18.1 Å². The Kier molecular flexibility index (Phi) is 7.93. The molecule has 1 fully saturated rings. The molecule has 0 aromatic carbocycles. The van der Waals surface area contributed by atoms with Crippen LogP contribution >= 0.6 is 12.4 Å². The predicted octanol–water partition coefficient (Wildman–Crippen LogP) is 0.736. The van der Waals surface area contributed by atoms with Crippen molar-refractivity contribution in [3.8, 4) is 0 Å². The molecule has 5 nitrogen and oxygen atoms in total. The molecule has 0 spiro atoms. The summed E-state index contributed by atoms with van der Waals surface area (Å²) < 4.78 is 23.4. The number of carbonyl (C=O) groups excluding carboxylic acids is 1. The first kappa shape index (κ1) is 18.7. The molecule has 114 valence electrons. The second-order valence-electron chi connectivity index (χ2n) is 5.51. The molecule has 1 aliphatic heterocycles. The van der Waals surface area contributed by atoms with E-state index in [2.05, 4.69) is 10.6 Å². The Morgan fingerprint density at radius 3 is 2.58 bits per heavy atom. The molecular formula is C12H25ClN2O3S. The fourth-order valence-corrected chi connectivity index (χ4v) is 3.87. The maximum atomic E-state index is 11.7. The molecule has 0 aromatic rings. The summed E-state index contributed by atoms with van der Waals surface area (Å²) in [6.45, 7) is 6.64. The van der Waals surface area contributed by atoms with Gasteiger partial charge in [0.05, 0.1) is 5.75 Å². The van der Waals surface area contributed by atoms with E-state index in [1.54, 1.807) is 0 Å². The van der Waals surface area contributed by atoms with Crippen LogP contribution in [0.4, 0.5) is 0 Å². The number of piperidine rings is 1. The molecule has 2 atom stereocenters. The van der Waals surface area contributed by atoms with E-state index in [4.69, 9.17) is 0 Å². The van der Waals surface area contributed by atoms with Gasteiger partial charge in [-0.05, 0) is 32.2 Å². The van der Waals surface area contributed by atoms with Gasteiger partial charge in [0.2, 0.25) is 5.91 Å². The van der Waals surface area contributed by atoms with Gasteiger partial charge in [0.15, 0.2) is 9.84 Å². The standard InChI is InChI=1S/C12H24N2O3S.ClH/c1-9(2)7-18(16,17)8-12(15)14-11-5-4-6-13-10(11)3;/h9-11,13H,4-8H2,1-3H3,(H,14,15);1H. The summed E-state index contributed by atoms with van der Waals surface area (Å²) >= 11 is 0. The molecular weight excluding hydrogens is 288 g/mol. The Morgan fingerprint density at radius 1 is 1.42 bits per heavy atom. The molecule has 2 unspecified atom stereocenters. The molecule has 1 rings (SSSR count). The molecule has 0 aliphatic carbocycles. The minimum absolute atomic E-state index is 0. The molecule has 1 aliphatic rings. The highest BCUT2D eigenvalue weighted by atomic mass is 35.5. The van der Waals surface area contributed by atoms with Crippen molar-refractivity contribution in [2.24, 2.45) is 5.92 Å². The Hall–Kier alpha value is -0.330. The van der Waals surface area contributed by atoms with Gasteiger partial charge in [-0.3, -0.25) is 4.79 Å². The molecule has 0 bridgehead atoms. The van der Waals surface area contributed by atoms with Crippen LogP contribution < -0.4 is 10.6 Å². The van der Waals surface area contributed by atoms with Crippen molar-refractivity contribution in [3.63, 3.8) is 0 Å². The van der Waals surface area contributed by atoms with Gasteiger partial charge in [-0.1, -0.05) is 13.8 Å². The first-order valence-electron chi connectivity index (χ1n) is 6.53. The smallest absolute Gasteiger partial charge is 0.235 e. The summed E-state index contributed by atoms with van der Waals surface area (Å²) in [6, 6.07) is 0.246. The number of sulfone groups is 1. The van der Waals surface area contributed by atoms with Gasteiger partial charge in [0.25, 0.3) is 0 Å². The number of amides is 1. The van der Waals surface area contributed by atoms with Crippen molar-refractivity contribution in [1.29, 1.82) is 0 Å². The maximum Gasteiger partial charge on any atom is 0.235 e. The summed E-state index contributed by atoms with van der Waals surface area (Å²) in [5, 5.41) is 6.09. The summed E-state index contributed by atoms with van der Waals surface area (Å²) in [7, 11) is -3.28. The van der Waals surface area contributed by atoms with Crippen LogP contribution in [-0.2, 0) is 14.6 Å². The van der Waals surface area contributed by atoms with Crippen LogP contribution in [-0.4, -0.2) is 44.5 Å². The monoisotopic (exact) mass is 312 g/mol. The van der Waals surface area contributed by atoms with E-state index < -0.39 is 15.6 Å². The first-order valence-corrected chi connectivity index (χ1v) is 8.35. The maximum absolute atomic E-state index is 11.7. The molecule has 0 radical (unpaired) electrons. The predicted molar refractivity (Wildman–Crippen MR) is 79.4 cm³/mol. The lowest BCUT2D eigenvalue weighted by molar-refractivity contribution is -0.119. The summed E-state index contributed by atoms with van der Waals surface area (Å²) in [6.07, 6.45) is 1.91. The zero-order valence-corrected chi connectivity index (χ0v) is 13.4. The fraction of sp³-hybridized carbons (Fsp3) is 0.917. The lowest BCUT2D eigenvalue weighted by Gasteiger charge is -2.30. The van der Waals surface area contributed by atoms with Crippen LogP contribution in [0.15, 0.2) is 0 Å². The highest BCUT2D eigenvalue weighted by molar-refractivity contribution is 7.92. The van der Waals surface area contributed by atoms with Gasteiger partial charge in [0.1, 0.15) is 5.75 Å². The molecule has 7 heteroatoms. The summed E-state index contributed by atoms with van der Waals surface area (Å²) in [5.74, 6) is -0.651. The quantitative estimate of drug-likeness (QED) is 0.785. The number of halogens is 1. The van der Waals surface area contributed by atoms with Crippen LogP contribution in [0.1, 0.15) is 33.6 Å². The van der Waals surface area contributed by atoms with Gasteiger partial charge in [-0.25, -0.2) is 8.42 Å². The van der Waals surface area contributed by atoms with Crippen molar-refractivity contribution in [3.05, 3.63) is 0 Å². The van der Waals surface area contributed by atoms with Gasteiger partial charge in [-0.2, -0.15) is 0 Å². The average Bonchev–Trinajstić information content (AvgIpc) is 2.18. The highest BCUT2D eigenvalue weighted by Crippen LogP contribution is 2.08. The Morgan fingerprint density at radius 2 is 2.05 bits per heavy atom. The van der Waals surface area contributed by atoms with E-state index in [0.29, 0.717) is 0 Å². The third-order valence-electron chi connectivity index (χ3n) is 3.05. The number of nitrogens with one attached hydrogen (secondary N) is 2. The van der Waals surface area contributed by atoms with Crippen molar-refractivity contribution in [1.82, 2.24) is 10.6 Å². The minimum atomic E-state index is -3.28. The number of hydrogen-bond acceptors (Lipinski definition) is 4. The van der Waals surface area contributed by atoms with Crippen LogP contribution in [0.3, 0.4) is 0 Å². The van der Waals surface area contributed by atoms with Crippen molar-refractivity contribution < 1.29 is 13.2 Å². The van der Waals surface area contributed by atoms with E-state index in [-0.39, 0.29) is 42.1 Å². The van der Waals surface area contributed by atoms with E-state index in [1.165, 1.54) is 0 Å². The third-order valence-corrected chi connectivity index (χ3v) is 4.92. The second kappa shape index (κ2) is 8.07. The Labute approximate surface area is 122 Å². The highest BCUT2D eigenvalue weighted by Gasteiger charge is 2.25. The average molecular weight is 313 g/mol. The molecule has 19 heavy (non-hydrogen) atoms. The van der Waals surface area contributed by atoms with E-state index in [1.807, 2.05) is 20.8 Å². The molecule has 0 aromatic heterocycles. The number of rotatable bonds is 5. The lowest BCUT2D eigenvalue weighted by Crippen LogP contribution is -2.53. The van der Waals surface area contributed by atoms with Crippen LogP contribution in [0.2, 0.25) is 0 Å². The minimum Gasteiger partial charge on any atom is -0.351 e. The molecule has 1 heterocycles. The second-order valence-corrected chi connectivity index (χ2v) is 7.62. The van der Waals surface area contributed by atoms with E-state index >= 15 is 0 Å². The Bertz CT molecular complexity index is 384. The number of hydrogen-bond donors (Lipinski definition) is 2. The number of carbonyl (C=O) groups is 1. The molecule has 1 saturated heterocycles. The first-order chi connectivity index (χ1) is 8.30. The summed E-state index contributed by atoms with van der Waals surface area (Å²) in [4.78, 5) is 11.7. The third kappa shape index (κ3) is 7.13. The van der Waals surface area contributed by atoms with Gasteiger partial charge in [0, 0.05) is 12.1 Å².